The minimum Gasteiger partial charge on any atom is -0.375 e. The number of piperidine rings is 1. The summed E-state index contributed by atoms with van der Waals surface area (Å²) in [5, 5.41) is 15.1. The van der Waals surface area contributed by atoms with E-state index in [4.69, 9.17) is 0 Å². The predicted octanol–water partition coefficient (Wildman–Crippen LogP) is 4.75. The maximum absolute atomic E-state index is 13.5. The molecule has 2 N–H and O–H groups in total. The van der Waals surface area contributed by atoms with E-state index in [-0.39, 0.29) is 17.9 Å². The number of nitrogens with zero attached hydrogens (tertiary/aromatic N) is 1. The monoisotopic (exact) mass is 458 g/mol. The van der Waals surface area contributed by atoms with E-state index in [1.54, 1.807) is 11.1 Å². The Morgan fingerprint density at radius 3 is 2.35 bits per heavy atom. The maximum Gasteiger partial charge on any atom is 0.257 e. The van der Waals surface area contributed by atoms with Crippen molar-refractivity contribution in [3.05, 3.63) is 70.8 Å². The molecule has 3 unspecified atom stereocenters. The summed E-state index contributed by atoms with van der Waals surface area (Å²) < 4.78 is 0. The van der Waals surface area contributed by atoms with Crippen molar-refractivity contribution in [1.82, 2.24) is 10.2 Å². The van der Waals surface area contributed by atoms with Gasteiger partial charge in [-0.2, -0.15) is 0 Å². The summed E-state index contributed by atoms with van der Waals surface area (Å²) in [5.41, 5.74) is 3.86. The highest BCUT2D eigenvalue weighted by atomic mass is 16.3. The highest BCUT2D eigenvalue weighted by molar-refractivity contribution is 5.87. The molecule has 2 saturated carbocycles. The summed E-state index contributed by atoms with van der Waals surface area (Å²) in [6.45, 7) is 4.39. The second kappa shape index (κ2) is 8.80. The van der Waals surface area contributed by atoms with Crippen LogP contribution in [0.15, 0.2) is 48.5 Å². The van der Waals surface area contributed by atoms with Gasteiger partial charge in [0.2, 0.25) is 0 Å². The third-order valence-corrected chi connectivity index (χ3v) is 9.43. The maximum atomic E-state index is 13.5. The van der Waals surface area contributed by atoms with E-state index >= 15 is 0 Å². The van der Waals surface area contributed by atoms with Crippen molar-refractivity contribution in [1.29, 1.82) is 0 Å². The van der Waals surface area contributed by atoms with Crippen molar-refractivity contribution < 1.29 is 9.90 Å². The minimum atomic E-state index is -1.41. The zero-order valence-corrected chi connectivity index (χ0v) is 20.4. The highest BCUT2D eigenvalue weighted by Gasteiger charge is 2.59. The predicted molar refractivity (Wildman–Crippen MR) is 134 cm³/mol. The topological polar surface area (TPSA) is 52.6 Å². The Morgan fingerprint density at radius 1 is 0.971 bits per heavy atom. The molecule has 34 heavy (non-hydrogen) atoms. The lowest BCUT2D eigenvalue weighted by Gasteiger charge is -2.34. The molecule has 2 aromatic rings. The molecule has 2 aromatic carbocycles. The number of carbonyl (C=O) groups excluding carboxylic acids is 1. The first-order valence-electron chi connectivity index (χ1n) is 13.5. The number of likely N-dealkylation sites (tertiary alicyclic amines) is 1. The van der Waals surface area contributed by atoms with Crippen molar-refractivity contribution in [3.8, 4) is 0 Å². The third kappa shape index (κ3) is 3.79. The zero-order valence-electron chi connectivity index (χ0n) is 20.4. The Morgan fingerprint density at radius 2 is 1.65 bits per heavy atom. The van der Waals surface area contributed by atoms with Crippen LogP contribution >= 0.6 is 0 Å². The van der Waals surface area contributed by atoms with Gasteiger partial charge in [0.15, 0.2) is 5.60 Å². The van der Waals surface area contributed by atoms with Crippen LogP contribution in [0.4, 0.5) is 0 Å². The van der Waals surface area contributed by atoms with Gasteiger partial charge in [-0.25, -0.2) is 0 Å². The van der Waals surface area contributed by atoms with Gasteiger partial charge in [0, 0.05) is 31.1 Å². The average molecular weight is 459 g/mol. The second-order valence-electron chi connectivity index (χ2n) is 11.3. The number of fused-ring (bicyclic) bond motifs is 2. The van der Waals surface area contributed by atoms with Crippen molar-refractivity contribution in [2.45, 2.75) is 76.0 Å². The van der Waals surface area contributed by atoms with E-state index in [1.807, 2.05) is 30.3 Å². The molecule has 1 amide bonds. The molecule has 1 aliphatic heterocycles. The summed E-state index contributed by atoms with van der Waals surface area (Å²) in [5.74, 6) is 0.841. The van der Waals surface area contributed by atoms with E-state index in [0.29, 0.717) is 17.9 Å². The van der Waals surface area contributed by atoms with Gasteiger partial charge in [-0.3, -0.25) is 9.69 Å². The molecule has 0 spiro atoms. The Bertz CT molecular complexity index is 1040. The van der Waals surface area contributed by atoms with E-state index in [0.717, 1.165) is 44.3 Å². The van der Waals surface area contributed by atoms with Crippen LogP contribution < -0.4 is 5.32 Å². The van der Waals surface area contributed by atoms with Gasteiger partial charge < -0.3 is 10.4 Å². The number of nitrogens with one attached hydrogen (secondary N) is 1. The van der Waals surface area contributed by atoms with Gasteiger partial charge in [0.25, 0.3) is 5.91 Å². The quantitative estimate of drug-likeness (QED) is 0.657. The standard InChI is InChI=1S/C30H38N2O2/c1-20(22-16-15-21-9-5-6-10-23(21)17-22)32-18-26-27(19-32)28(26)31-29(33)30(34,25-13-7-8-14-25)24-11-3-2-4-12-24/h2-4,11-12,15-17,20,25-28,34H,5-10,13-14,18-19H2,1H3,(H,31,33)/t20?,26-,27+,28?,30?. The second-order valence-corrected chi connectivity index (χ2v) is 11.3. The first-order chi connectivity index (χ1) is 16.6. The SMILES string of the molecule is CC(c1ccc2c(c1)CCCC2)N1C[C@@H]2C(NC(=O)C(O)(c3ccccc3)C3CCCC3)[C@@H]2C1. The summed E-state index contributed by atoms with van der Waals surface area (Å²) in [7, 11) is 0. The van der Waals surface area contributed by atoms with Gasteiger partial charge in [0.05, 0.1) is 0 Å². The van der Waals surface area contributed by atoms with E-state index in [2.05, 4.69) is 35.3 Å². The lowest BCUT2D eigenvalue weighted by atomic mass is 9.79. The first-order valence-corrected chi connectivity index (χ1v) is 13.5. The Labute approximate surface area is 203 Å². The van der Waals surface area contributed by atoms with Crippen LogP contribution in [0.25, 0.3) is 0 Å². The average Bonchev–Trinajstić information content (AvgIpc) is 3.29. The van der Waals surface area contributed by atoms with Crippen molar-refractivity contribution in [2.24, 2.45) is 17.8 Å². The lowest BCUT2D eigenvalue weighted by Crippen LogP contribution is -2.51. The molecule has 3 fully saturated rings. The molecule has 0 radical (unpaired) electrons. The summed E-state index contributed by atoms with van der Waals surface area (Å²) in [6, 6.07) is 17.4. The molecule has 180 valence electrons. The molecule has 4 heteroatoms. The molecule has 5 atom stereocenters. The number of hydrogen-bond donors (Lipinski definition) is 2. The van der Waals surface area contributed by atoms with Crippen LogP contribution in [0, 0.1) is 17.8 Å². The highest BCUT2D eigenvalue weighted by Crippen LogP contribution is 2.49. The first kappa shape index (κ1) is 22.3. The molecule has 4 nitrogen and oxygen atoms in total. The Kier molecular flexibility index (Phi) is 5.77. The molecule has 3 aliphatic carbocycles. The molecular formula is C30H38N2O2. The number of carbonyl (C=O) groups is 1. The van der Waals surface area contributed by atoms with Crippen molar-refractivity contribution >= 4 is 5.91 Å². The summed E-state index contributed by atoms with van der Waals surface area (Å²) in [4.78, 5) is 16.1. The van der Waals surface area contributed by atoms with Crippen molar-refractivity contribution in [2.75, 3.05) is 13.1 Å². The van der Waals surface area contributed by atoms with Crippen LogP contribution in [0.2, 0.25) is 0 Å². The fraction of sp³-hybridized carbons (Fsp3) is 0.567. The number of benzene rings is 2. The zero-order chi connectivity index (χ0) is 23.3. The fourth-order valence-corrected chi connectivity index (χ4v) is 7.16. The van der Waals surface area contributed by atoms with Crippen molar-refractivity contribution in [3.63, 3.8) is 0 Å². The van der Waals surface area contributed by atoms with Crippen LogP contribution in [0.5, 0.6) is 0 Å². The van der Waals surface area contributed by atoms with Gasteiger partial charge in [-0.05, 0) is 79.5 Å². The molecule has 0 bridgehead atoms. The number of hydrogen-bond acceptors (Lipinski definition) is 3. The number of aryl methyl sites for hydroxylation is 2. The molecule has 6 rings (SSSR count). The number of aliphatic hydroxyl groups is 1. The normalized spacial score (nSPS) is 29.2. The minimum absolute atomic E-state index is 0.00835. The van der Waals surface area contributed by atoms with Crippen LogP contribution in [-0.4, -0.2) is 35.0 Å². The molecule has 4 aliphatic rings. The van der Waals surface area contributed by atoms with E-state index in [9.17, 15) is 9.90 Å². The Hall–Kier alpha value is -2.17. The summed E-state index contributed by atoms with van der Waals surface area (Å²) in [6.07, 6.45) is 9.12. The largest absolute Gasteiger partial charge is 0.375 e. The van der Waals surface area contributed by atoms with Gasteiger partial charge in [-0.15, -0.1) is 0 Å². The van der Waals surface area contributed by atoms with Gasteiger partial charge in [-0.1, -0.05) is 61.4 Å². The van der Waals surface area contributed by atoms with E-state index < -0.39 is 5.60 Å². The van der Waals surface area contributed by atoms with Crippen LogP contribution in [-0.2, 0) is 23.2 Å². The molecule has 0 aromatic heterocycles. The smallest absolute Gasteiger partial charge is 0.257 e. The molecule has 1 saturated heterocycles. The number of amides is 1. The van der Waals surface area contributed by atoms with Gasteiger partial charge in [0.1, 0.15) is 0 Å². The lowest BCUT2D eigenvalue weighted by molar-refractivity contribution is -0.147. The van der Waals surface area contributed by atoms with Crippen LogP contribution in [0.3, 0.4) is 0 Å². The van der Waals surface area contributed by atoms with Gasteiger partial charge >= 0.3 is 0 Å². The fourth-order valence-electron chi connectivity index (χ4n) is 7.16. The van der Waals surface area contributed by atoms with E-state index in [1.165, 1.54) is 31.2 Å². The molecule has 1 heterocycles. The summed E-state index contributed by atoms with van der Waals surface area (Å²) >= 11 is 0. The third-order valence-electron chi connectivity index (χ3n) is 9.43. The molecular weight excluding hydrogens is 420 g/mol. The Balaban J connectivity index is 1.11. The number of rotatable bonds is 6. The van der Waals surface area contributed by atoms with Crippen LogP contribution in [0.1, 0.15) is 73.7 Å².